The van der Waals surface area contributed by atoms with Crippen molar-refractivity contribution in [2.45, 2.75) is 38.1 Å². The smallest absolute Gasteiger partial charge is 0.329 e. The molecule has 1 aliphatic carbocycles. The number of hydrogen-bond acceptors (Lipinski definition) is 3. The Hall–Kier alpha value is -1.78. The van der Waals surface area contributed by atoms with Gasteiger partial charge in [0.05, 0.1) is 6.26 Å². The van der Waals surface area contributed by atoms with Gasteiger partial charge in [-0.3, -0.25) is 4.79 Å². The summed E-state index contributed by atoms with van der Waals surface area (Å²) in [6.45, 7) is 1.58. The van der Waals surface area contributed by atoms with Crippen molar-refractivity contribution >= 4 is 11.9 Å². The lowest BCUT2D eigenvalue weighted by atomic mass is 9.95. The van der Waals surface area contributed by atoms with Crippen molar-refractivity contribution in [2.75, 3.05) is 0 Å². The van der Waals surface area contributed by atoms with Gasteiger partial charge >= 0.3 is 5.97 Å². The zero-order valence-electron chi connectivity index (χ0n) is 10.3. The number of carboxylic acids is 1. The first-order chi connectivity index (χ1) is 8.52. The summed E-state index contributed by atoms with van der Waals surface area (Å²) in [6.07, 6.45) is 4.00. The number of aliphatic carboxylic acids is 1. The molecule has 1 aromatic heterocycles. The number of rotatable bonds is 6. The Balaban J connectivity index is 1.87. The number of carbonyl (C=O) groups is 2. The van der Waals surface area contributed by atoms with Crippen LogP contribution < -0.4 is 5.32 Å². The Kier molecular flexibility index (Phi) is 3.41. The standard InChI is InChI=1S/C13H17NO4/c1-13(12(16)17,9-4-5-9)14-11(15)7-6-10-3-2-8-18-10/h2-3,8-9H,4-7H2,1H3,(H,14,15)(H,16,17). The van der Waals surface area contributed by atoms with Crippen LogP contribution in [0.15, 0.2) is 22.8 Å². The van der Waals surface area contributed by atoms with Crippen molar-refractivity contribution in [1.29, 1.82) is 0 Å². The number of furan rings is 1. The van der Waals surface area contributed by atoms with Crippen LogP contribution in [0.2, 0.25) is 0 Å². The summed E-state index contributed by atoms with van der Waals surface area (Å²) in [5, 5.41) is 11.8. The van der Waals surface area contributed by atoms with Crippen LogP contribution in [-0.2, 0) is 16.0 Å². The second kappa shape index (κ2) is 4.84. The van der Waals surface area contributed by atoms with Crippen LogP contribution in [0.25, 0.3) is 0 Å². The highest BCUT2D eigenvalue weighted by molar-refractivity contribution is 5.87. The van der Waals surface area contributed by atoms with Crippen molar-refractivity contribution in [2.24, 2.45) is 5.92 Å². The van der Waals surface area contributed by atoms with Crippen LogP contribution in [0.5, 0.6) is 0 Å². The van der Waals surface area contributed by atoms with Gasteiger partial charge in [-0.2, -0.15) is 0 Å². The van der Waals surface area contributed by atoms with E-state index in [1.807, 2.05) is 0 Å². The Bertz CT molecular complexity index is 436. The zero-order chi connectivity index (χ0) is 13.2. The van der Waals surface area contributed by atoms with Gasteiger partial charge in [-0.1, -0.05) is 0 Å². The summed E-state index contributed by atoms with van der Waals surface area (Å²) < 4.78 is 5.12. The first-order valence-corrected chi connectivity index (χ1v) is 6.09. The minimum Gasteiger partial charge on any atom is -0.480 e. The average Bonchev–Trinajstić information content (AvgIpc) is 3.04. The molecule has 1 amide bonds. The van der Waals surface area contributed by atoms with Crippen LogP contribution >= 0.6 is 0 Å². The van der Waals surface area contributed by atoms with Crippen molar-refractivity contribution in [3.63, 3.8) is 0 Å². The third-order valence-corrected chi connectivity index (χ3v) is 3.42. The van der Waals surface area contributed by atoms with Crippen LogP contribution in [-0.4, -0.2) is 22.5 Å². The molecular weight excluding hydrogens is 234 g/mol. The van der Waals surface area contributed by atoms with E-state index in [1.54, 1.807) is 25.3 Å². The molecule has 0 saturated heterocycles. The minimum atomic E-state index is -1.12. The van der Waals surface area contributed by atoms with E-state index in [4.69, 9.17) is 4.42 Å². The average molecular weight is 251 g/mol. The SMILES string of the molecule is CC(NC(=O)CCc1ccco1)(C(=O)O)C1CC1. The van der Waals surface area contributed by atoms with E-state index in [0.29, 0.717) is 6.42 Å². The zero-order valence-corrected chi connectivity index (χ0v) is 10.3. The first-order valence-electron chi connectivity index (χ1n) is 6.09. The Morgan fingerprint density at radius 1 is 1.56 bits per heavy atom. The molecule has 1 atom stereocenters. The topological polar surface area (TPSA) is 79.5 Å². The third kappa shape index (κ3) is 2.72. The van der Waals surface area contributed by atoms with Crippen molar-refractivity contribution in [3.05, 3.63) is 24.2 Å². The lowest BCUT2D eigenvalue weighted by Gasteiger charge is -2.26. The van der Waals surface area contributed by atoms with E-state index < -0.39 is 11.5 Å². The number of nitrogens with one attached hydrogen (secondary N) is 1. The van der Waals surface area contributed by atoms with E-state index in [0.717, 1.165) is 18.6 Å². The summed E-state index contributed by atoms with van der Waals surface area (Å²) in [7, 11) is 0. The van der Waals surface area contributed by atoms with Gasteiger partial charge in [-0.15, -0.1) is 0 Å². The molecule has 1 heterocycles. The lowest BCUT2D eigenvalue weighted by molar-refractivity contribution is -0.147. The summed E-state index contributed by atoms with van der Waals surface area (Å²) in [5.74, 6) is -0.421. The van der Waals surface area contributed by atoms with Crippen molar-refractivity contribution < 1.29 is 19.1 Å². The van der Waals surface area contributed by atoms with Crippen LogP contribution in [0, 0.1) is 5.92 Å². The quantitative estimate of drug-likeness (QED) is 0.804. The molecule has 0 bridgehead atoms. The predicted molar refractivity (Wildman–Crippen MR) is 63.9 cm³/mol. The molecule has 2 rings (SSSR count). The maximum absolute atomic E-state index is 11.8. The fourth-order valence-electron chi connectivity index (χ4n) is 2.03. The predicted octanol–water partition coefficient (Wildman–Crippen LogP) is 1.58. The van der Waals surface area contributed by atoms with E-state index in [2.05, 4.69) is 5.32 Å². The van der Waals surface area contributed by atoms with Crippen molar-refractivity contribution in [1.82, 2.24) is 5.32 Å². The Morgan fingerprint density at radius 3 is 2.78 bits per heavy atom. The van der Waals surface area contributed by atoms with E-state index in [9.17, 15) is 14.7 Å². The summed E-state index contributed by atoms with van der Waals surface area (Å²) in [6, 6.07) is 3.56. The molecule has 1 unspecified atom stereocenters. The van der Waals surface area contributed by atoms with Crippen LogP contribution in [0.1, 0.15) is 31.9 Å². The molecular formula is C13H17NO4. The number of carboxylic acid groups (broad SMARTS) is 1. The number of aryl methyl sites for hydroxylation is 1. The highest BCUT2D eigenvalue weighted by Crippen LogP contribution is 2.39. The number of hydrogen-bond donors (Lipinski definition) is 2. The molecule has 0 spiro atoms. The van der Waals surface area contributed by atoms with Gasteiger partial charge in [0.25, 0.3) is 0 Å². The maximum atomic E-state index is 11.8. The second-order valence-electron chi connectivity index (χ2n) is 4.91. The van der Waals surface area contributed by atoms with E-state index in [-0.39, 0.29) is 18.2 Å². The largest absolute Gasteiger partial charge is 0.480 e. The fraction of sp³-hybridized carbons (Fsp3) is 0.538. The molecule has 1 saturated carbocycles. The molecule has 5 nitrogen and oxygen atoms in total. The summed E-state index contributed by atoms with van der Waals surface area (Å²) in [5.41, 5.74) is -1.12. The normalized spacial score (nSPS) is 18.1. The first kappa shape index (κ1) is 12.7. The van der Waals surface area contributed by atoms with Crippen LogP contribution in [0.4, 0.5) is 0 Å². The van der Waals surface area contributed by atoms with Crippen molar-refractivity contribution in [3.8, 4) is 0 Å². The van der Waals surface area contributed by atoms with Gasteiger partial charge in [-0.05, 0) is 37.8 Å². The third-order valence-electron chi connectivity index (χ3n) is 3.42. The van der Waals surface area contributed by atoms with Gasteiger partial charge in [0.1, 0.15) is 11.3 Å². The van der Waals surface area contributed by atoms with Gasteiger partial charge in [0, 0.05) is 12.8 Å². The molecule has 0 aromatic carbocycles. The van der Waals surface area contributed by atoms with Gasteiger partial charge in [0.15, 0.2) is 0 Å². The Labute approximate surface area is 105 Å². The molecule has 0 radical (unpaired) electrons. The second-order valence-corrected chi connectivity index (χ2v) is 4.91. The molecule has 2 N–H and O–H groups in total. The van der Waals surface area contributed by atoms with E-state index in [1.165, 1.54) is 0 Å². The molecule has 18 heavy (non-hydrogen) atoms. The van der Waals surface area contributed by atoms with E-state index >= 15 is 0 Å². The number of amides is 1. The van der Waals surface area contributed by atoms with Gasteiger partial charge < -0.3 is 14.8 Å². The summed E-state index contributed by atoms with van der Waals surface area (Å²) >= 11 is 0. The molecule has 5 heteroatoms. The molecule has 1 fully saturated rings. The fourth-order valence-corrected chi connectivity index (χ4v) is 2.03. The molecule has 98 valence electrons. The molecule has 1 aromatic rings. The van der Waals surface area contributed by atoms with Gasteiger partial charge in [-0.25, -0.2) is 4.79 Å². The molecule has 0 aliphatic heterocycles. The summed E-state index contributed by atoms with van der Waals surface area (Å²) in [4.78, 5) is 23.0. The number of carbonyl (C=O) groups excluding carboxylic acids is 1. The monoisotopic (exact) mass is 251 g/mol. The Morgan fingerprint density at radius 2 is 2.28 bits per heavy atom. The molecule has 1 aliphatic rings. The highest BCUT2D eigenvalue weighted by atomic mass is 16.4. The maximum Gasteiger partial charge on any atom is 0.329 e. The highest BCUT2D eigenvalue weighted by Gasteiger charge is 2.48. The minimum absolute atomic E-state index is 0.0579. The lowest BCUT2D eigenvalue weighted by Crippen LogP contribution is -2.54. The van der Waals surface area contributed by atoms with Crippen LogP contribution in [0.3, 0.4) is 0 Å². The van der Waals surface area contributed by atoms with Gasteiger partial charge in [0.2, 0.25) is 5.91 Å².